The topological polar surface area (TPSA) is 42.0 Å². The first kappa shape index (κ1) is 15.0. The Balaban J connectivity index is 2.13. The van der Waals surface area contributed by atoms with Gasteiger partial charge in [0.25, 0.3) is 5.91 Å². The van der Waals surface area contributed by atoms with E-state index in [2.05, 4.69) is 10.3 Å². The first-order valence-electron chi connectivity index (χ1n) is 5.93. The van der Waals surface area contributed by atoms with Crippen LogP contribution in [0.25, 0.3) is 0 Å². The Morgan fingerprint density at radius 2 is 1.95 bits per heavy atom. The molecule has 110 valence electrons. The molecule has 3 nitrogen and oxygen atoms in total. The lowest BCUT2D eigenvalue weighted by Gasteiger charge is -2.10. The third-order valence-electron chi connectivity index (χ3n) is 2.69. The average Bonchev–Trinajstić information content (AvgIpc) is 2.45. The molecule has 2 rings (SSSR count). The van der Waals surface area contributed by atoms with Gasteiger partial charge in [-0.15, -0.1) is 0 Å². The highest BCUT2D eigenvalue weighted by Gasteiger charge is 2.34. The molecule has 7 heteroatoms. The molecule has 0 aliphatic heterocycles. The number of halogens is 4. The minimum absolute atomic E-state index is 0.0679. The molecule has 1 aromatic heterocycles. The number of carbonyl (C=O) groups is 1. The lowest BCUT2D eigenvalue weighted by Crippen LogP contribution is -2.24. The number of aromatic nitrogens is 1. The second-order valence-corrected chi connectivity index (χ2v) is 4.20. The van der Waals surface area contributed by atoms with Crippen LogP contribution in [-0.2, 0) is 12.7 Å². The Bertz CT molecular complexity index is 641. The van der Waals surface area contributed by atoms with Crippen molar-refractivity contribution in [3.05, 3.63) is 65.2 Å². The molecule has 0 bridgehead atoms. The summed E-state index contributed by atoms with van der Waals surface area (Å²) in [6, 6.07) is 7.18. The largest absolute Gasteiger partial charge is 0.419 e. The molecule has 0 spiro atoms. The van der Waals surface area contributed by atoms with Crippen molar-refractivity contribution >= 4 is 5.91 Å². The van der Waals surface area contributed by atoms with E-state index in [1.807, 2.05) is 0 Å². The standard InChI is InChI=1S/C14H10F4N2O/c15-12-5-4-9(7-11(12)14(16,17)18)13(21)20-8-10-3-1-2-6-19-10/h1-7H,8H2,(H,20,21). The van der Waals surface area contributed by atoms with Crippen LogP contribution >= 0.6 is 0 Å². The van der Waals surface area contributed by atoms with E-state index in [1.165, 1.54) is 6.20 Å². The van der Waals surface area contributed by atoms with Crippen LogP contribution in [0.3, 0.4) is 0 Å². The highest BCUT2D eigenvalue weighted by molar-refractivity contribution is 5.94. The summed E-state index contributed by atoms with van der Waals surface area (Å²) in [4.78, 5) is 15.7. The molecule has 1 heterocycles. The first-order chi connectivity index (χ1) is 9.88. The van der Waals surface area contributed by atoms with Crippen LogP contribution in [0.1, 0.15) is 21.6 Å². The van der Waals surface area contributed by atoms with E-state index < -0.39 is 23.5 Å². The second-order valence-electron chi connectivity index (χ2n) is 4.20. The zero-order chi connectivity index (χ0) is 15.5. The summed E-state index contributed by atoms with van der Waals surface area (Å²) in [7, 11) is 0. The quantitative estimate of drug-likeness (QED) is 0.884. The maximum atomic E-state index is 13.1. The van der Waals surface area contributed by atoms with Gasteiger partial charge in [-0.1, -0.05) is 6.07 Å². The van der Waals surface area contributed by atoms with Gasteiger partial charge >= 0.3 is 6.18 Å². The number of hydrogen-bond acceptors (Lipinski definition) is 2. The highest BCUT2D eigenvalue weighted by Crippen LogP contribution is 2.31. The molecule has 1 N–H and O–H groups in total. The minimum atomic E-state index is -4.85. The maximum Gasteiger partial charge on any atom is 0.419 e. The lowest BCUT2D eigenvalue weighted by atomic mass is 10.1. The summed E-state index contributed by atoms with van der Waals surface area (Å²) in [6.45, 7) is 0.0679. The normalized spacial score (nSPS) is 11.2. The van der Waals surface area contributed by atoms with Crippen molar-refractivity contribution < 1.29 is 22.4 Å². The second kappa shape index (κ2) is 5.90. The van der Waals surface area contributed by atoms with Crippen molar-refractivity contribution in [3.63, 3.8) is 0 Å². The Labute approximate surface area is 117 Å². The van der Waals surface area contributed by atoms with Crippen molar-refractivity contribution in [1.82, 2.24) is 10.3 Å². The third-order valence-corrected chi connectivity index (χ3v) is 2.69. The number of hydrogen-bond donors (Lipinski definition) is 1. The molecule has 0 aliphatic rings. The predicted octanol–water partition coefficient (Wildman–Crippen LogP) is 3.17. The van der Waals surface area contributed by atoms with Gasteiger partial charge in [0.2, 0.25) is 0 Å². The number of pyridine rings is 1. The molecule has 0 aliphatic carbocycles. The van der Waals surface area contributed by atoms with Crippen molar-refractivity contribution in [2.45, 2.75) is 12.7 Å². The van der Waals surface area contributed by atoms with Crippen LogP contribution in [0.2, 0.25) is 0 Å². The zero-order valence-corrected chi connectivity index (χ0v) is 10.6. The van der Waals surface area contributed by atoms with E-state index in [0.29, 0.717) is 17.8 Å². The van der Waals surface area contributed by atoms with Crippen molar-refractivity contribution in [3.8, 4) is 0 Å². The van der Waals surface area contributed by atoms with E-state index in [9.17, 15) is 22.4 Å². The maximum absolute atomic E-state index is 13.1. The van der Waals surface area contributed by atoms with Gasteiger partial charge in [0.05, 0.1) is 17.8 Å². The Morgan fingerprint density at radius 1 is 1.19 bits per heavy atom. The summed E-state index contributed by atoms with van der Waals surface area (Å²) in [5.41, 5.74) is -1.17. The minimum Gasteiger partial charge on any atom is -0.346 e. The zero-order valence-electron chi connectivity index (χ0n) is 10.6. The lowest BCUT2D eigenvalue weighted by molar-refractivity contribution is -0.140. The summed E-state index contributed by atoms with van der Waals surface area (Å²) in [6.07, 6.45) is -3.32. The predicted molar refractivity (Wildman–Crippen MR) is 66.8 cm³/mol. The third kappa shape index (κ3) is 3.77. The van der Waals surface area contributed by atoms with Crippen LogP contribution in [0, 0.1) is 5.82 Å². The van der Waals surface area contributed by atoms with Gasteiger partial charge in [-0.05, 0) is 30.3 Å². The molecular weight excluding hydrogens is 288 g/mol. The smallest absolute Gasteiger partial charge is 0.346 e. The Hall–Kier alpha value is -2.44. The van der Waals surface area contributed by atoms with Gasteiger partial charge in [0.1, 0.15) is 5.82 Å². The number of benzene rings is 1. The monoisotopic (exact) mass is 298 g/mol. The fraction of sp³-hybridized carbons (Fsp3) is 0.143. The SMILES string of the molecule is O=C(NCc1ccccn1)c1ccc(F)c(C(F)(F)F)c1. The highest BCUT2D eigenvalue weighted by atomic mass is 19.4. The first-order valence-corrected chi connectivity index (χ1v) is 5.93. The van der Waals surface area contributed by atoms with Crippen LogP contribution < -0.4 is 5.32 Å². The van der Waals surface area contributed by atoms with Gasteiger partial charge in [-0.25, -0.2) is 4.39 Å². The molecule has 0 atom stereocenters. The van der Waals surface area contributed by atoms with Crippen molar-refractivity contribution in [1.29, 1.82) is 0 Å². The molecule has 0 saturated carbocycles. The van der Waals surface area contributed by atoms with Gasteiger partial charge in [0.15, 0.2) is 0 Å². The summed E-state index contributed by atoms with van der Waals surface area (Å²) >= 11 is 0. The molecule has 0 fully saturated rings. The number of carbonyl (C=O) groups excluding carboxylic acids is 1. The molecule has 0 saturated heterocycles. The number of rotatable bonds is 3. The summed E-state index contributed by atoms with van der Waals surface area (Å²) in [5, 5.41) is 2.42. The van der Waals surface area contributed by atoms with E-state index >= 15 is 0 Å². The van der Waals surface area contributed by atoms with E-state index in [4.69, 9.17) is 0 Å². The van der Waals surface area contributed by atoms with Crippen molar-refractivity contribution in [2.75, 3.05) is 0 Å². The molecule has 21 heavy (non-hydrogen) atoms. The fourth-order valence-electron chi connectivity index (χ4n) is 1.66. The van der Waals surface area contributed by atoms with Gasteiger partial charge in [-0.2, -0.15) is 13.2 Å². The van der Waals surface area contributed by atoms with Crippen LogP contribution in [0.5, 0.6) is 0 Å². The van der Waals surface area contributed by atoms with Gasteiger partial charge < -0.3 is 5.32 Å². The fourth-order valence-corrected chi connectivity index (χ4v) is 1.66. The van der Waals surface area contributed by atoms with Gasteiger partial charge in [0, 0.05) is 11.8 Å². The Morgan fingerprint density at radius 3 is 2.57 bits per heavy atom. The van der Waals surface area contributed by atoms with Crippen LogP contribution in [0.15, 0.2) is 42.6 Å². The van der Waals surface area contributed by atoms with E-state index in [1.54, 1.807) is 18.2 Å². The number of alkyl halides is 3. The average molecular weight is 298 g/mol. The molecular formula is C14H10F4N2O. The Kier molecular flexibility index (Phi) is 4.21. The van der Waals surface area contributed by atoms with E-state index in [0.717, 1.165) is 6.07 Å². The van der Waals surface area contributed by atoms with Crippen LogP contribution in [0.4, 0.5) is 17.6 Å². The molecule has 2 aromatic rings. The van der Waals surface area contributed by atoms with Crippen LogP contribution in [-0.4, -0.2) is 10.9 Å². The summed E-state index contributed by atoms with van der Waals surface area (Å²) < 4.78 is 50.8. The summed E-state index contributed by atoms with van der Waals surface area (Å²) in [5.74, 6) is -2.14. The number of amides is 1. The number of nitrogens with one attached hydrogen (secondary N) is 1. The number of nitrogens with zero attached hydrogens (tertiary/aromatic N) is 1. The molecule has 0 unspecified atom stereocenters. The van der Waals surface area contributed by atoms with E-state index in [-0.39, 0.29) is 12.1 Å². The van der Waals surface area contributed by atoms with Crippen molar-refractivity contribution in [2.24, 2.45) is 0 Å². The molecule has 1 aromatic carbocycles. The molecule has 0 radical (unpaired) electrons. The molecule has 1 amide bonds. The van der Waals surface area contributed by atoms with Gasteiger partial charge in [-0.3, -0.25) is 9.78 Å².